The number of hydrogen-bond acceptors (Lipinski definition) is 4. The van der Waals surface area contributed by atoms with Crippen molar-refractivity contribution in [3.8, 4) is 17.1 Å². The third kappa shape index (κ3) is 2.33. The Labute approximate surface area is 121 Å². The minimum atomic E-state index is -0.360. The smallest absolute Gasteiger partial charge is 0.337 e. The van der Waals surface area contributed by atoms with Crippen LogP contribution in [0.3, 0.4) is 0 Å². The molecular weight excluding hydrogens is 268 g/mol. The van der Waals surface area contributed by atoms with E-state index in [-0.39, 0.29) is 5.97 Å². The molecule has 5 nitrogen and oxygen atoms in total. The molecular formula is C16H14N2O3. The minimum Gasteiger partial charge on any atom is -0.497 e. The van der Waals surface area contributed by atoms with Crippen molar-refractivity contribution >= 4 is 11.5 Å². The molecule has 0 aliphatic heterocycles. The Morgan fingerprint density at radius 2 is 2.05 bits per heavy atom. The van der Waals surface area contributed by atoms with E-state index in [4.69, 9.17) is 9.47 Å². The Balaban J connectivity index is 2.10. The molecule has 0 amide bonds. The molecule has 3 rings (SSSR count). The third-order valence-corrected chi connectivity index (χ3v) is 3.28. The molecule has 2 heterocycles. The van der Waals surface area contributed by atoms with Crippen LogP contribution in [0.4, 0.5) is 0 Å². The highest BCUT2D eigenvalue weighted by atomic mass is 16.5. The van der Waals surface area contributed by atoms with Crippen molar-refractivity contribution in [1.82, 2.24) is 9.38 Å². The van der Waals surface area contributed by atoms with E-state index in [0.717, 1.165) is 22.7 Å². The standard InChI is InChI=1S/C16H14N2O3/c1-20-14-5-3-4-11(9-14)15-17-10-13-8-12(16(19)21-2)6-7-18(13)15/h3-10H,1-2H3. The van der Waals surface area contributed by atoms with E-state index in [1.54, 1.807) is 25.4 Å². The number of ether oxygens (including phenoxy) is 2. The molecule has 0 atom stereocenters. The van der Waals surface area contributed by atoms with Gasteiger partial charge in [0.2, 0.25) is 0 Å². The van der Waals surface area contributed by atoms with Crippen LogP contribution >= 0.6 is 0 Å². The SMILES string of the molecule is COC(=O)c1ccn2c(-c3cccc(OC)c3)ncc2c1. The topological polar surface area (TPSA) is 52.8 Å². The van der Waals surface area contributed by atoms with E-state index >= 15 is 0 Å². The van der Waals surface area contributed by atoms with Crippen molar-refractivity contribution < 1.29 is 14.3 Å². The Hall–Kier alpha value is -2.82. The maximum absolute atomic E-state index is 11.5. The molecule has 5 heteroatoms. The van der Waals surface area contributed by atoms with Crippen molar-refractivity contribution in [2.24, 2.45) is 0 Å². The van der Waals surface area contributed by atoms with Crippen molar-refractivity contribution in [2.75, 3.05) is 14.2 Å². The van der Waals surface area contributed by atoms with E-state index in [1.807, 2.05) is 34.9 Å². The Bertz CT molecular complexity index is 808. The van der Waals surface area contributed by atoms with Gasteiger partial charge in [-0.05, 0) is 24.3 Å². The van der Waals surface area contributed by atoms with Gasteiger partial charge in [-0.25, -0.2) is 9.78 Å². The average Bonchev–Trinajstić information content (AvgIpc) is 2.97. The third-order valence-electron chi connectivity index (χ3n) is 3.28. The highest BCUT2D eigenvalue weighted by Gasteiger charge is 2.10. The van der Waals surface area contributed by atoms with Crippen LogP contribution in [0.2, 0.25) is 0 Å². The predicted molar refractivity (Wildman–Crippen MR) is 78.5 cm³/mol. The van der Waals surface area contributed by atoms with Gasteiger partial charge in [-0.3, -0.25) is 4.40 Å². The summed E-state index contributed by atoms with van der Waals surface area (Å²) in [7, 11) is 3.00. The summed E-state index contributed by atoms with van der Waals surface area (Å²) in [5, 5.41) is 0. The first-order valence-corrected chi connectivity index (χ1v) is 6.43. The molecule has 0 N–H and O–H groups in total. The summed E-state index contributed by atoms with van der Waals surface area (Å²) >= 11 is 0. The van der Waals surface area contributed by atoms with Gasteiger partial charge >= 0.3 is 5.97 Å². The first kappa shape index (κ1) is 13.2. The maximum atomic E-state index is 11.5. The molecule has 0 aliphatic carbocycles. The number of hydrogen-bond donors (Lipinski definition) is 0. The van der Waals surface area contributed by atoms with Gasteiger partial charge in [0.1, 0.15) is 11.6 Å². The number of benzene rings is 1. The van der Waals surface area contributed by atoms with Crippen LogP contribution in [0.25, 0.3) is 16.9 Å². The molecule has 0 unspecified atom stereocenters. The molecule has 0 aliphatic rings. The molecule has 3 aromatic rings. The van der Waals surface area contributed by atoms with Gasteiger partial charge in [0.05, 0.1) is 31.5 Å². The van der Waals surface area contributed by atoms with E-state index in [2.05, 4.69) is 4.98 Å². The summed E-state index contributed by atoms with van der Waals surface area (Å²) in [4.78, 5) is 16.0. The summed E-state index contributed by atoms with van der Waals surface area (Å²) in [5.74, 6) is 1.21. The van der Waals surface area contributed by atoms with Crippen LogP contribution in [0.1, 0.15) is 10.4 Å². The fourth-order valence-corrected chi connectivity index (χ4v) is 2.22. The number of fused-ring (bicyclic) bond motifs is 1. The van der Waals surface area contributed by atoms with Gasteiger partial charge in [0.25, 0.3) is 0 Å². The number of aromatic nitrogens is 2. The fourth-order valence-electron chi connectivity index (χ4n) is 2.22. The summed E-state index contributed by atoms with van der Waals surface area (Å²) in [6.45, 7) is 0. The van der Waals surface area contributed by atoms with Crippen LogP contribution in [0.5, 0.6) is 5.75 Å². The molecule has 0 fully saturated rings. The molecule has 0 saturated carbocycles. The predicted octanol–water partition coefficient (Wildman–Crippen LogP) is 2.80. The van der Waals surface area contributed by atoms with Crippen molar-refractivity contribution in [3.05, 3.63) is 54.4 Å². The van der Waals surface area contributed by atoms with Crippen LogP contribution in [0, 0.1) is 0 Å². The van der Waals surface area contributed by atoms with Gasteiger partial charge in [-0.15, -0.1) is 0 Å². The number of carbonyl (C=O) groups excluding carboxylic acids is 1. The van der Waals surface area contributed by atoms with Gasteiger partial charge in [0, 0.05) is 11.8 Å². The van der Waals surface area contributed by atoms with Crippen LogP contribution < -0.4 is 4.74 Å². The van der Waals surface area contributed by atoms with E-state index < -0.39 is 0 Å². The molecule has 21 heavy (non-hydrogen) atoms. The van der Waals surface area contributed by atoms with Crippen molar-refractivity contribution in [3.63, 3.8) is 0 Å². The lowest BCUT2D eigenvalue weighted by molar-refractivity contribution is 0.0600. The van der Waals surface area contributed by atoms with Gasteiger partial charge in [0.15, 0.2) is 0 Å². The van der Waals surface area contributed by atoms with Gasteiger partial charge < -0.3 is 9.47 Å². The van der Waals surface area contributed by atoms with Crippen LogP contribution in [-0.2, 0) is 4.74 Å². The number of imidazole rings is 1. The van der Waals surface area contributed by atoms with Gasteiger partial charge in [-0.1, -0.05) is 12.1 Å². The molecule has 2 aromatic heterocycles. The average molecular weight is 282 g/mol. The molecule has 1 aromatic carbocycles. The molecule has 0 bridgehead atoms. The zero-order valence-corrected chi connectivity index (χ0v) is 11.7. The first-order valence-electron chi connectivity index (χ1n) is 6.43. The second-order valence-corrected chi connectivity index (χ2v) is 4.52. The number of carbonyl (C=O) groups is 1. The number of rotatable bonds is 3. The lowest BCUT2D eigenvalue weighted by Crippen LogP contribution is -2.01. The molecule has 0 saturated heterocycles. The zero-order chi connectivity index (χ0) is 14.8. The minimum absolute atomic E-state index is 0.360. The largest absolute Gasteiger partial charge is 0.497 e. The first-order chi connectivity index (χ1) is 10.2. The second kappa shape index (κ2) is 5.28. The molecule has 0 spiro atoms. The quantitative estimate of drug-likeness (QED) is 0.693. The van der Waals surface area contributed by atoms with Crippen LogP contribution in [0.15, 0.2) is 48.8 Å². The highest BCUT2D eigenvalue weighted by Crippen LogP contribution is 2.24. The monoisotopic (exact) mass is 282 g/mol. The highest BCUT2D eigenvalue weighted by molar-refractivity contribution is 5.90. The number of nitrogens with zero attached hydrogens (tertiary/aromatic N) is 2. The second-order valence-electron chi connectivity index (χ2n) is 4.52. The summed E-state index contributed by atoms with van der Waals surface area (Å²) in [6, 6.07) is 11.1. The molecule has 106 valence electrons. The number of pyridine rings is 1. The Morgan fingerprint density at radius 1 is 1.19 bits per heavy atom. The lowest BCUT2D eigenvalue weighted by atomic mass is 10.2. The fraction of sp³-hybridized carbons (Fsp3) is 0.125. The molecule has 0 radical (unpaired) electrons. The summed E-state index contributed by atoms with van der Waals surface area (Å²) in [5.41, 5.74) is 2.28. The maximum Gasteiger partial charge on any atom is 0.337 e. The number of esters is 1. The van der Waals surface area contributed by atoms with Crippen molar-refractivity contribution in [1.29, 1.82) is 0 Å². The summed E-state index contributed by atoms with van der Waals surface area (Å²) < 4.78 is 11.9. The number of methoxy groups -OCH3 is 2. The Kier molecular flexibility index (Phi) is 3.31. The van der Waals surface area contributed by atoms with Crippen LogP contribution in [-0.4, -0.2) is 29.6 Å². The van der Waals surface area contributed by atoms with E-state index in [9.17, 15) is 4.79 Å². The normalized spacial score (nSPS) is 10.6. The van der Waals surface area contributed by atoms with E-state index in [1.165, 1.54) is 7.11 Å². The van der Waals surface area contributed by atoms with Gasteiger partial charge in [-0.2, -0.15) is 0 Å². The summed E-state index contributed by atoms with van der Waals surface area (Å²) in [6.07, 6.45) is 3.53. The van der Waals surface area contributed by atoms with E-state index in [0.29, 0.717) is 5.56 Å². The zero-order valence-electron chi connectivity index (χ0n) is 11.7. The van der Waals surface area contributed by atoms with Crippen molar-refractivity contribution in [2.45, 2.75) is 0 Å². The Morgan fingerprint density at radius 3 is 2.81 bits per heavy atom. The lowest BCUT2D eigenvalue weighted by Gasteiger charge is -2.05.